The summed E-state index contributed by atoms with van der Waals surface area (Å²) in [6.07, 6.45) is 6.75. The van der Waals surface area contributed by atoms with Crippen molar-refractivity contribution < 1.29 is 9.32 Å². The van der Waals surface area contributed by atoms with Gasteiger partial charge in [-0.2, -0.15) is 4.98 Å². The minimum atomic E-state index is 0.0119. The van der Waals surface area contributed by atoms with Gasteiger partial charge in [0.1, 0.15) is 0 Å². The average molecular weight is 347 g/mol. The maximum absolute atomic E-state index is 12.2. The maximum atomic E-state index is 12.2. The van der Waals surface area contributed by atoms with Crippen LogP contribution in [0, 0.1) is 5.92 Å². The number of aromatic nitrogens is 2. The average Bonchev–Trinajstić information content (AvgIpc) is 3.14. The van der Waals surface area contributed by atoms with Crippen LogP contribution >= 0.6 is 0 Å². The van der Waals surface area contributed by atoms with Gasteiger partial charge in [0.05, 0.1) is 12.1 Å². The summed E-state index contributed by atoms with van der Waals surface area (Å²) in [6, 6.07) is 0.160. The van der Waals surface area contributed by atoms with Gasteiger partial charge in [-0.05, 0) is 64.5 Å². The number of likely N-dealkylation sites (tertiary alicyclic amines) is 1. The zero-order chi connectivity index (χ0) is 17.2. The molecule has 1 aliphatic carbocycles. The van der Waals surface area contributed by atoms with Crippen molar-refractivity contribution in [1.29, 1.82) is 0 Å². The zero-order valence-corrected chi connectivity index (χ0v) is 15.0. The normalized spacial score (nSPS) is 28.8. The van der Waals surface area contributed by atoms with E-state index in [9.17, 15) is 4.79 Å². The highest BCUT2D eigenvalue weighted by molar-refractivity contribution is 5.81. The molecule has 2 aliphatic heterocycles. The second-order valence-electron chi connectivity index (χ2n) is 7.84. The number of nitrogens with zero attached hydrogens (tertiary/aromatic N) is 3. The Kier molecular flexibility index (Phi) is 5.03. The number of nitrogens with one attached hydrogen (secondary N) is 2. The second-order valence-corrected chi connectivity index (χ2v) is 7.84. The lowest BCUT2D eigenvalue weighted by atomic mass is 9.96. The molecule has 3 heterocycles. The fourth-order valence-corrected chi connectivity index (χ4v) is 3.97. The maximum Gasteiger partial charge on any atom is 0.243 e. The van der Waals surface area contributed by atoms with E-state index in [2.05, 4.69) is 32.6 Å². The third kappa shape index (κ3) is 4.03. The van der Waals surface area contributed by atoms with Crippen LogP contribution in [0.25, 0.3) is 0 Å². The predicted octanol–water partition coefficient (Wildman–Crippen LogP) is 1.59. The van der Waals surface area contributed by atoms with Crippen LogP contribution in [-0.2, 0) is 4.79 Å². The summed E-state index contributed by atoms with van der Waals surface area (Å²) in [5.41, 5.74) is 0. The Morgan fingerprint density at radius 2 is 2.24 bits per heavy atom. The SMILES string of the molecule is CC(c1nc(C2CC2)no1)N1CCCC(CNC(=O)C2CCCN2)C1. The molecule has 0 aromatic carbocycles. The van der Waals surface area contributed by atoms with E-state index in [0.29, 0.717) is 11.8 Å². The van der Waals surface area contributed by atoms with Crippen LogP contribution in [0.1, 0.15) is 69.1 Å². The molecule has 3 aliphatic rings. The molecule has 2 saturated heterocycles. The van der Waals surface area contributed by atoms with Crippen LogP contribution in [0.3, 0.4) is 0 Å². The van der Waals surface area contributed by atoms with Gasteiger partial charge in [-0.25, -0.2) is 0 Å². The molecular weight excluding hydrogens is 318 g/mol. The summed E-state index contributed by atoms with van der Waals surface area (Å²) >= 11 is 0. The smallest absolute Gasteiger partial charge is 0.243 e. The van der Waals surface area contributed by atoms with Crippen LogP contribution in [0.2, 0.25) is 0 Å². The molecular formula is C18H29N5O2. The zero-order valence-electron chi connectivity index (χ0n) is 15.0. The molecule has 1 aromatic heterocycles. The van der Waals surface area contributed by atoms with Gasteiger partial charge in [0.15, 0.2) is 5.82 Å². The molecule has 3 fully saturated rings. The number of carbonyl (C=O) groups is 1. The Labute approximate surface area is 148 Å². The summed E-state index contributed by atoms with van der Waals surface area (Å²) in [4.78, 5) is 19.2. The monoisotopic (exact) mass is 347 g/mol. The number of carbonyl (C=O) groups excluding carboxylic acids is 1. The van der Waals surface area contributed by atoms with Gasteiger partial charge in [0.2, 0.25) is 11.8 Å². The lowest BCUT2D eigenvalue weighted by molar-refractivity contribution is -0.123. The third-order valence-corrected chi connectivity index (χ3v) is 5.80. The van der Waals surface area contributed by atoms with Gasteiger partial charge >= 0.3 is 0 Å². The molecule has 0 radical (unpaired) electrons. The van der Waals surface area contributed by atoms with E-state index in [0.717, 1.165) is 57.2 Å². The van der Waals surface area contributed by atoms with Gasteiger partial charge in [0, 0.05) is 19.0 Å². The van der Waals surface area contributed by atoms with Crippen molar-refractivity contribution in [2.45, 2.75) is 63.5 Å². The van der Waals surface area contributed by atoms with E-state index >= 15 is 0 Å². The van der Waals surface area contributed by atoms with Crippen molar-refractivity contribution in [2.75, 3.05) is 26.2 Å². The highest BCUT2D eigenvalue weighted by atomic mass is 16.5. The van der Waals surface area contributed by atoms with Crippen LogP contribution in [0.5, 0.6) is 0 Å². The molecule has 1 aromatic rings. The largest absolute Gasteiger partial charge is 0.354 e. The van der Waals surface area contributed by atoms with Gasteiger partial charge in [-0.15, -0.1) is 0 Å². The van der Waals surface area contributed by atoms with Crippen molar-refractivity contribution in [3.63, 3.8) is 0 Å². The van der Waals surface area contributed by atoms with Crippen molar-refractivity contribution in [2.24, 2.45) is 5.92 Å². The Hall–Kier alpha value is -1.47. The van der Waals surface area contributed by atoms with Crippen molar-refractivity contribution in [3.05, 3.63) is 11.7 Å². The summed E-state index contributed by atoms with van der Waals surface area (Å²) < 4.78 is 5.50. The first-order chi connectivity index (χ1) is 12.2. The minimum absolute atomic E-state index is 0.0119. The number of piperidine rings is 1. The van der Waals surface area contributed by atoms with E-state index in [1.165, 1.54) is 19.3 Å². The molecule has 1 saturated carbocycles. The van der Waals surface area contributed by atoms with Crippen molar-refractivity contribution in [1.82, 2.24) is 25.7 Å². The van der Waals surface area contributed by atoms with E-state index in [1.807, 2.05) is 0 Å². The molecule has 2 N–H and O–H groups in total. The summed E-state index contributed by atoms with van der Waals surface area (Å²) in [6.45, 7) is 5.89. The van der Waals surface area contributed by atoms with E-state index in [4.69, 9.17) is 4.52 Å². The lowest BCUT2D eigenvalue weighted by Gasteiger charge is -2.35. The van der Waals surface area contributed by atoms with E-state index in [-0.39, 0.29) is 18.0 Å². The van der Waals surface area contributed by atoms with Gasteiger partial charge < -0.3 is 15.2 Å². The second kappa shape index (κ2) is 7.41. The lowest BCUT2D eigenvalue weighted by Crippen LogP contribution is -2.45. The van der Waals surface area contributed by atoms with Gasteiger partial charge in [-0.1, -0.05) is 5.16 Å². The number of rotatable bonds is 6. The molecule has 7 heteroatoms. The van der Waals surface area contributed by atoms with Gasteiger partial charge in [0.25, 0.3) is 0 Å². The number of hydrogen-bond donors (Lipinski definition) is 2. The van der Waals surface area contributed by atoms with Crippen LogP contribution in [0.15, 0.2) is 4.52 Å². The Balaban J connectivity index is 1.28. The van der Waals surface area contributed by atoms with E-state index in [1.54, 1.807) is 0 Å². The molecule has 1 amide bonds. The number of amides is 1. The molecule has 3 atom stereocenters. The van der Waals surface area contributed by atoms with Crippen LogP contribution in [0.4, 0.5) is 0 Å². The topological polar surface area (TPSA) is 83.3 Å². The van der Waals surface area contributed by atoms with Crippen molar-refractivity contribution >= 4 is 5.91 Å². The fourth-order valence-electron chi connectivity index (χ4n) is 3.97. The molecule has 0 bridgehead atoms. The standard InChI is InChI=1S/C18H29N5O2/c1-12(18-21-16(22-25-18)14-6-7-14)23-9-3-4-13(11-23)10-20-17(24)15-5-2-8-19-15/h12-15,19H,2-11H2,1H3,(H,20,24). The molecule has 0 spiro atoms. The molecule has 138 valence electrons. The molecule has 3 unspecified atom stereocenters. The highest BCUT2D eigenvalue weighted by Gasteiger charge is 2.32. The summed E-state index contributed by atoms with van der Waals surface area (Å²) in [5, 5.41) is 10.5. The summed E-state index contributed by atoms with van der Waals surface area (Å²) in [7, 11) is 0. The Morgan fingerprint density at radius 3 is 3.00 bits per heavy atom. The quantitative estimate of drug-likeness (QED) is 0.813. The third-order valence-electron chi connectivity index (χ3n) is 5.80. The first kappa shape index (κ1) is 17.0. The van der Waals surface area contributed by atoms with Crippen LogP contribution in [-0.4, -0.2) is 53.2 Å². The first-order valence-electron chi connectivity index (χ1n) is 9.79. The molecule has 25 heavy (non-hydrogen) atoms. The Morgan fingerprint density at radius 1 is 1.36 bits per heavy atom. The summed E-state index contributed by atoms with van der Waals surface area (Å²) in [5.74, 6) is 2.80. The van der Waals surface area contributed by atoms with Crippen LogP contribution < -0.4 is 10.6 Å². The molecule has 4 rings (SSSR count). The predicted molar refractivity (Wildman–Crippen MR) is 93.0 cm³/mol. The van der Waals surface area contributed by atoms with E-state index < -0.39 is 0 Å². The number of hydrogen-bond acceptors (Lipinski definition) is 6. The highest BCUT2D eigenvalue weighted by Crippen LogP contribution is 2.38. The fraction of sp³-hybridized carbons (Fsp3) is 0.833. The Bertz CT molecular complexity index is 594. The first-order valence-corrected chi connectivity index (χ1v) is 9.79. The van der Waals surface area contributed by atoms with Crippen molar-refractivity contribution in [3.8, 4) is 0 Å². The minimum Gasteiger partial charge on any atom is -0.354 e. The molecule has 7 nitrogen and oxygen atoms in total. The van der Waals surface area contributed by atoms with Gasteiger partial charge in [-0.3, -0.25) is 9.69 Å².